The fourth-order valence-corrected chi connectivity index (χ4v) is 14.9. The van der Waals surface area contributed by atoms with Gasteiger partial charge in [-0.05, 0) is 151 Å². The molecule has 1 spiro atoms. The van der Waals surface area contributed by atoms with Crippen LogP contribution in [0.2, 0.25) is 0 Å². The van der Waals surface area contributed by atoms with E-state index in [9.17, 15) is 0 Å². The Kier molecular flexibility index (Phi) is 11.3. The van der Waals surface area contributed by atoms with Crippen LogP contribution in [0, 0.1) is 0 Å². The van der Waals surface area contributed by atoms with Gasteiger partial charge in [-0.3, -0.25) is 0 Å². The Labute approximate surface area is 512 Å². The Bertz CT molecular complexity index is 4990. The molecule has 0 saturated heterocycles. The quantitative estimate of drug-likeness (QED) is 0.159. The van der Waals surface area contributed by atoms with Crippen LogP contribution in [-0.2, 0) is 16.2 Å². The van der Waals surface area contributed by atoms with E-state index in [0.717, 1.165) is 106 Å². The minimum Gasteiger partial charge on any atom is -0.454 e. The molecule has 88 heavy (non-hydrogen) atoms. The van der Waals surface area contributed by atoms with Crippen molar-refractivity contribution in [3.8, 4) is 11.1 Å². The molecule has 0 N–H and O–H groups in total. The van der Waals surface area contributed by atoms with Crippen LogP contribution in [0.15, 0.2) is 282 Å². The van der Waals surface area contributed by atoms with E-state index in [0.29, 0.717) is 0 Å². The van der Waals surface area contributed by atoms with E-state index in [-0.39, 0.29) is 10.8 Å². The van der Waals surface area contributed by atoms with Crippen LogP contribution in [0.1, 0.15) is 74.9 Å². The van der Waals surface area contributed by atoms with Gasteiger partial charge in [0.1, 0.15) is 11.2 Å². The van der Waals surface area contributed by atoms with E-state index in [1.807, 2.05) is 0 Å². The van der Waals surface area contributed by atoms with E-state index >= 15 is 0 Å². The van der Waals surface area contributed by atoms with Crippen molar-refractivity contribution < 1.29 is 8.83 Å². The molecule has 0 bridgehead atoms. The highest BCUT2D eigenvalue weighted by Gasteiger charge is 2.54. The van der Waals surface area contributed by atoms with E-state index in [1.165, 1.54) is 55.3 Å². The zero-order chi connectivity index (χ0) is 59.2. The molecule has 0 saturated carbocycles. The lowest BCUT2D eigenvalue weighted by atomic mass is 9.64. The second-order valence-electron chi connectivity index (χ2n) is 26.0. The number of nitrogens with zero attached hydrogens (tertiary/aromatic N) is 3. The molecule has 0 amide bonds. The molecule has 0 unspecified atom stereocenters. The van der Waals surface area contributed by atoms with Crippen LogP contribution in [0.5, 0.6) is 0 Å². The maximum Gasteiger partial charge on any atom is 0.159 e. The summed E-state index contributed by atoms with van der Waals surface area (Å²) in [4.78, 5) is 7.44. The highest BCUT2D eigenvalue weighted by Crippen LogP contribution is 2.67. The first kappa shape index (κ1) is 51.8. The Morgan fingerprint density at radius 2 is 0.670 bits per heavy atom. The molecule has 0 fully saturated rings. The molecular formula is C83H63N3O2. The van der Waals surface area contributed by atoms with Gasteiger partial charge in [0.2, 0.25) is 0 Å². The number of rotatable bonds is 7. The van der Waals surface area contributed by atoms with E-state index < -0.39 is 5.41 Å². The molecule has 5 nitrogen and oxygen atoms in total. The van der Waals surface area contributed by atoms with E-state index in [4.69, 9.17) is 8.83 Å². The lowest BCUT2D eigenvalue weighted by Gasteiger charge is -2.45. The predicted octanol–water partition coefficient (Wildman–Crippen LogP) is 23.5. The minimum atomic E-state index is -0.902. The second kappa shape index (κ2) is 19.2. The molecule has 13 aromatic carbocycles. The lowest BCUT2D eigenvalue weighted by molar-refractivity contribution is 0.590. The monoisotopic (exact) mass is 1130 g/mol. The maximum absolute atomic E-state index is 7.06. The van der Waals surface area contributed by atoms with Gasteiger partial charge in [0.05, 0.1) is 39.5 Å². The van der Waals surface area contributed by atoms with Crippen LogP contribution in [0.25, 0.3) is 76.5 Å². The Morgan fingerprint density at radius 1 is 0.307 bits per heavy atom. The van der Waals surface area contributed by atoms with Crippen molar-refractivity contribution in [1.82, 2.24) is 0 Å². The standard InChI is InChI=1S/C83H63N3O2/c1-81(2,3)52-42-46-55(47-43-52)85(71-38-22-32-63-59-28-14-20-40-75(59)87-79(63)71)73-50-67-77(61-30-12-10-26-57(61)73)78-62-31-13-11-27-58(62)74(51-68(78)83(67)65-34-16-18-36-69(65)84(54-24-8-7-9-25-54)70-37-19-17-35-66(70)83)86(56-48-44-53(45-49-56)82(4,5)6)72-39-23-33-64-60-29-15-21-41-76(60)88-80(64)72/h7-51H,1-6H3. The first-order chi connectivity index (χ1) is 42.9. The molecule has 422 valence electrons. The van der Waals surface area contributed by atoms with Crippen molar-refractivity contribution in [1.29, 1.82) is 0 Å². The molecule has 1 aliphatic carbocycles. The van der Waals surface area contributed by atoms with Gasteiger partial charge < -0.3 is 23.5 Å². The number of hydrogen-bond acceptors (Lipinski definition) is 5. The first-order valence-electron chi connectivity index (χ1n) is 30.7. The third-order valence-electron chi connectivity index (χ3n) is 18.9. The van der Waals surface area contributed by atoms with Gasteiger partial charge in [-0.1, -0.05) is 230 Å². The average molecular weight is 1130 g/mol. The molecular weight excluding hydrogens is 1070 g/mol. The van der Waals surface area contributed by atoms with Crippen molar-refractivity contribution in [2.45, 2.75) is 57.8 Å². The minimum absolute atomic E-state index is 0.0540. The summed E-state index contributed by atoms with van der Waals surface area (Å²) in [6.07, 6.45) is 0. The van der Waals surface area contributed by atoms with Crippen molar-refractivity contribution in [2.24, 2.45) is 0 Å². The zero-order valence-corrected chi connectivity index (χ0v) is 50.1. The highest BCUT2D eigenvalue weighted by molar-refractivity contribution is 6.21. The lowest BCUT2D eigenvalue weighted by Crippen LogP contribution is -2.36. The molecule has 0 radical (unpaired) electrons. The number of benzene rings is 13. The van der Waals surface area contributed by atoms with Crippen LogP contribution in [-0.4, -0.2) is 0 Å². The highest BCUT2D eigenvalue weighted by atomic mass is 16.3. The fourth-order valence-electron chi connectivity index (χ4n) is 14.9. The van der Waals surface area contributed by atoms with Crippen LogP contribution in [0.4, 0.5) is 51.2 Å². The number of fused-ring (bicyclic) bond motifs is 19. The third-order valence-corrected chi connectivity index (χ3v) is 18.9. The van der Waals surface area contributed by atoms with Crippen molar-refractivity contribution in [2.75, 3.05) is 14.7 Å². The topological polar surface area (TPSA) is 36.0 Å². The summed E-state index contributed by atoms with van der Waals surface area (Å²) < 4.78 is 14.1. The summed E-state index contributed by atoms with van der Waals surface area (Å²) in [5.41, 5.74) is 21.6. The van der Waals surface area contributed by atoms with Gasteiger partial charge in [-0.25, -0.2) is 0 Å². The molecule has 3 heterocycles. The average Bonchev–Trinajstić information content (AvgIpc) is 1.45. The van der Waals surface area contributed by atoms with E-state index in [2.05, 4.69) is 329 Å². The SMILES string of the molecule is CC(C)(C)c1ccc(N(c2cc3c(c4ccccc24)-c2c(cc(N(c4ccc(C(C)(C)C)cc4)c4cccc5c4oc4ccccc45)c4ccccc24)C32c3ccccc3N(c3ccccc3)c3ccccc32)c2cccc3c2oc2ccccc23)cc1. The number of hydrogen-bond donors (Lipinski definition) is 0. The summed E-state index contributed by atoms with van der Waals surface area (Å²) in [7, 11) is 0. The molecule has 17 rings (SSSR count). The van der Waals surface area contributed by atoms with Gasteiger partial charge in [-0.15, -0.1) is 0 Å². The first-order valence-corrected chi connectivity index (χ1v) is 30.7. The summed E-state index contributed by atoms with van der Waals surface area (Å²) in [6.45, 7) is 13.7. The summed E-state index contributed by atoms with van der Waals surface area (Å²) in [6, 6.07) is 101. The van der Waals surface area contributed by atoms with Crippen molar-refractivity contribution >= 4 is 117 Å². The predicted molar refractivity (Wildman–Crippen MR) is 368 cm³/mol. The second-order valence-corrected chi connectivity index (χ2v) is 26.0. The molecule has 5 heteroatoms. The van der Waals surface area contributed by atoms with Gasteiger partial charge in [-0.2, -0.15) is 0 Å². The number of para-hydroxylation sites is 7. The molecule has 2 aliphatic rings. The molecule has 1 aliphatic heterocycles. The summed E-state index contributed by atoms with van der Waals surface area (Å²) in [5, 5.41) is 8.92. The largest absolute Gasteiger partial charge is 0.454 e. The van der Waals surface area contributed by atoms with Gasteiger partial charge in [0.15, 0.2) is 11.2 Å². The van der Waals surface area contributed by atoms with Gasteiger partial charge in [0.25, 0.3) is 0 Å². The van der Waals surface area contributed by atoms with Crippen LogP contribution in [0.3, 0.4) is 0 Å². The number of furan rings is 2. The van der Waals surface area contributed by atoms with E-state index in [1.54, 1.807) is 0 Å². The molecule has 2 aromatic heterocycles. The van der Waals surface area contributed by atoms with Crippen LogP contribution < -0.4 is 14.7 Å². The Balaban J connectivity index is 1.04. The number of anilines is 9. The van der Waals surface area contributed by atoms with Crippen molar-refractivity contribution in [3.05, 3.63) is 306 Å². The Hall–Kier alpha value is -10.6. The maximum atomic E-state index is 7.06. The molecule has 0 atom stereocenters. The van der Waals surface area contributed by atoms with Gasteiger partial charge >= 0.3 is 0 Å². The third kappa shape index (κ3) is 7.53. The van der Waals surface area contributed by atoms with Crippen LogP contribution >= 0.6 is 0 Å². The zero-order valence-electron chi connectivity index (χ0n) is 50.1. The van der Waals surface area contributed by atoms with Gasteiger partial charge in [0, 0.05) is 49.4 Å². The summed E-state index contributed by atoms with van der Waals surface area (Å²) in [5.74, 6) is 0. The normalized spacial score (nSPS) is 13.4. The molecule has 15 aromatic rings. The fraction of sp³-hybridized carbons (Fsp3) is 0.108. The summed E-state index contributed by atoms with van der Waals surface area (Å²) >= 11 is 0. The van der Waals surface area contributed by atoms with Crippen molar-refractivity contribution in [3.63, 3.8) is 0 Å². The Morgan fingerprint density at radius 3 is 1.10 bits per heavy atom. The smallest absolute Gasteiger partial charge is 0.159 e.